The fourth-order valence-corrected chi connectivity index (χ4v) is 6.19. The average Bonchev–Trinajstić information content (AvgIpc) is 3.59. The number of fused-ring (bicyclic) bond motifs is 2. The van der Waals surface area contributed by atoms with Gasteiger partial charge in [0.1, 0.15) is 29.7 Å². The summed E-state index contributed by atoms with van der Waals surface area (Å²) >= 11 is 6.01. The van der Waals surface area contributed by atoms with E-state index in [1.807, 2.05) is 25.7 Å². The Kier molecular flexibility index (Phi) is 7.90. The Balaban J connectivity index is 1.47. The van der Waals surface area contributed by atoms with Crippen LogP contribution in [0.4, 0.5) is 19.4 Å². The lowest BCUT2D eigenvalue weighted by Crippen LogP contribution is -2.43. The van der Waals surface area contributed by atoms with E-state index in [1.54, 1.807) is 4.90 Å². The number of aromatic nitrogens is 3. The van der Waals surface area contributed by atoms with Crippen molar-refractivity contribution in [3.05, 3.63) is 17.2 Å². The second kappa shape index (κ2) is 11.1. The Morgan fingerprint density at radius 1 is 1.32 bits per heavy atom. The van der Waals surface area contributed by atoms with Gasteiger partial charge in [0.15, 0.2) is 11.0 Å². The molecule has 2 aromatic rings. The first-order valence-electron chi connectivity index (χ1n) is 13.6. The molecule has 0 radical (unpaired) electrons. The lowest BCUT2D eigenvalue weighted by Gasteiger charge is -2.32. The van der Waals surface area contributed by atoms with E-state index in [1.165, 1.54) is 6.20 Å². The Morgan fingerprint density at radius 3 is 2.88 bits per heavy atom. The quantitative estimate of drug-likeness (QED) is 0.439. The van der Waals surface area contributed by atoms with E-state index >= 15 is 4.39 Å². The molecule has 5 heterocycles. The highest BCUT2D eigenvalue weighted by molar-refractivity contribution is 6.30. The van der Waals surface area contributed by atoms with Crippen LogP contribution in [-0.2, 0) is 4.74 Å². The fraction of sp³-hybridized carbons (Fsp3) is 0.667. The molecule has 5 rings (SSSR count). The van der Waals surface area contributed by atoms with Crippen molar-refractivity contribution in [1.29, 1.82) is 5.26 Å². The van der Waals surface area contributed by atoms with Gasteiger partial charge in [0.25, 0.3) is 0 Å². The van der Waals surface area contributed by atoms with E-state index in [0.717, 1.165) is 19.4 Å². The molecule has 0 unspecified atom stereocenters. The van der Waals surface area contributed by atoms with Crippen LogP contribution in [0.15, 0.2) is 6.20 Å². The third-order valence-electron chi connectivity index (χ3n) is 7.82. The summed E-state index contributed by atoms with van der Waals surface area (Å²) in [6.45, 7) is 7.85. The van der Waals surface area contributed by atoms with Crippen molar-refractivity contribution < 1.29 is 23.0 Å². The van der Waals surface area contributed by atoms with Crippen molar-refractivity contribution in [3.8, 4) is 12.1 Å². The first-order valence-corrected chi connectivity index (χ1v) is 14.0. The summed E-state index contributed by atoms with van der Waals surface area (Å²) in [5.74, 6) is -0.468. The van der Waals surface area contributed by atoms with Crippen LogP contribution in [0.25, 0.3) is 10.9 Å². The zero-order chi connectivity index (χ0) is 28.7. The van der Waals surface area contributed by atoms with Gasteiger partial charge in [-0.05, 0) is 46.6 Å². The van der Waals surface area contributed by atoms with Crippen molar-refractivity contribution in [3.63, 3.8) is 0 Å². The zero-order valence-electron chi connectivity index (χ0n) is 23.0. The Morgan fingerprint density at radius 2 is 2.12 bits per heavy atom. The fourth-order valence-electron chi connectivity index (χ4n) is 6.05. The average molecular weight is 578 g/mol. The van der Waals surface area contributed by atoms with Crippen LogP contribution >= 0.6 is 11.6 Å². The van der Waals surface area contributed by atoms with Crippen molar-refractivity contribution in [2.45, 2.75) is 76.2 Å². The molecule has 3 aliphatic rings. The lowest BCUT2D eigenvalue weighted by molar-refractivity contribution is 0.0292. The van der Waals surface area contributed by atoms with Crippen molar-refractivity contribution in [2.24, 2.45) is 0 Å². The molecule has 0 N–H and O–H groups in total. The van der Waals surface area contributed by atoms with Gasteiger partial charge in [-0.2, -0.15) is 15.2 Å². The second-order valence-electron chi connectivity index (χ2n) is 11.8. The molecule has 1 amide bonds. The smallest absolute Gasteiger partial charge is 0.410 e. The summed E-state index contributed by atoms with van der Waals surface area (Å²) in [6.07, 6.45) is 2.94. The topological polar surface area (TPSA) is 108 Å². The van der Waals surface area contributed by atoms with E-state index in [4.69, 9.17) is 21.1 Å². The maximum Gasteiger partial charge on any atom is 0.410 e. The summed E-state index contributed by atoms with van der Waals surface area (Å²) in [6, 6.07) is 1.87. The summed E-state index contributed by atoms with van der Waals surface area (Å²) in [7, 11) is 0. The largest absolute Gasteiger partial charge is 0.461 e. The van der Waals surface area contributed by atoms with Gasteiger partial charge in [-0.3, -0.25) is 4.90 Å². The molecule has 0 spiro atoms. The van der Waals surface area contributed by atoms with Crippen LogP contribution in [0, 0.1) is 17.1 Å². The van der Waals surface area contributed by atoms with Gasteiger partial charge in [-0.25, -0.2) is 18.6 Å². The zero-order valence-corrected chi connectivity index (χ0v) is 23.8. The number of likely N-dealkylation sites (tertiary alicyclic amines) is 1. The molecule has 40 heavy (non-hydrogen) atoms. The first-order chi connectivity index (χ1) is 19.0. The Hall–Kier alpha value is -3.04. The first kappa shape index (κ1) is 28.5. The number of amides is 1. The summed E-state index contributed by atoms with van der Waals surface area (Å²) in [4.78, 5) is 31.3. The highest BCUT2D eigenvalue weighted by Crippen LogP contribution is 2.41. The van der Waals surface area contributed by atoms with Crippen LogP contribution in [0.2, 0.25) is 5.15 Å². The number of hydrogen-bond donors (Lipinski definition) is 0. The molecular formula is C27H34ClF2N7O3. The molecular weight excluding hydrogens is 544 g/mol. The molecule has 3 atom stereocenters. The number of pyridine rings is 1. The minimum atomic E-state index is -0.920. The van der Waals surface area contributed by atoms with Gasteiger partial charge in [0.2, 0.25) is 0 Å². The summed E-state index contributed by atoms with van der Waals surface area (Å²) < 4.78 is 41.2. The number of carbonyl (C=O) groups is 1. The number of rotatable bonds is 7. The molecule has 216 valence electrons. The number of halogens is 3. The van der Waals surface area contributed by atoms with E-state index < -0.39 is 29.2 Å². The maximum absolute atomic E-state index is 15.2. The van der Waals surface area contributed by atoms with Gasteiger partial charge in [0.05, 0.1) is 23.4 Å². The molecule has 3 aliphatic heterocycles. The molecule has 0 saturated carbocycles. The predicted octanol–water partition coefficient (Wildman–Crippen LogP) is 4.50. The number of anilines is 1. The van der Waals surface area contributed by atoms with Crippen molar-refractivity contribution in [1.82, 2.24) is 24.8 Å². The molecule has 0 aliphatic carbocycles. The van der Waals surface area contributed by atoms with Crippen LogP contribution in [0.1, 0.15) is 52.9 Å². The predicted molar refractivity (Wildman–Crippen MR) is 145 cm³/mol. The molecule has 0 bridgehead atoms. The number of hydrogen-bond acceptors (Lipinski definition) is 9. The maximum atomic E-state index is 15.2. The monoisotopic (exact) mass is 577 g/mol. The minimum Gasteiger partial charge on any atom is -0.461 e. The number of ether oxygens (including phenoxy) is 2. The summed E-state index contributed by atoms with van der Waals surface area (Å²) in [5.41, 5.74) is -1.13. The van der Waals surface area contributed by atoms with Crippen LogP contribution < -0.4 is 9.64 Å². The Bertz CT molecular complexity index is 1320. The molecule has 2 aromatic heterocycles. The Labute approximate surface area is 237 Å². The third-order valence-corrected chi connectivity index (χ3v) is 8.09. The van der Waals surface area contributed by atoms with E-state index in [0.29, 0.717) is 43.7 Å². The van der Waals surface area contributed by atoms with Crippen molar-refractivity contribution in [2.75, 3.05) is 44.2 Å². The number of alkyl halides is 1. The normalized spacial score (nSPS) is 24.8. The van der Waals surface area contributed by atoms with Crippen LogP contribution in [0.5, 0.6) is 6.01 Å². The van der Waals surface area contributed by atoms with Crippen LogP contribution in [-0.4, -0.2) is 93.5 Å². The number of nitrogens with zero attached hydrogens (tertiary/aromatic N) is 7. The van der Waals surface area contributed by atoms with Gasteiger partial charge in [0, 0.05) is 44.8 Å². The lowest BCUT2D eigenvalue weighted by atomic mass is 9.95. The van der Waals surface area contributed by atoms with Gasteiger partial charge >= 0.3 is 12.1 Å². The second-order valence-corrected chi connectivity index (χ2v) is 12.1. The third kappa shape index (κ3) is 5.72. The summed E-state index contributed by atoms with van der Waals surface area (Å²) in [5, 5.41) is 9.37. The van der Waals surface area contributed by atoms with Gasteiger partial charge < -0.3 is 19.3 Å². The van der Waals surface area contributed by atoms with Gasteiger partial charge in [-0.15, -0.1) is 0 Å². The standard InChI is InChI=1S/C27H34ClF2N7O3/c1-26(2,3)40-25(38)35-11-6-18(15-35)37(10-5-8-31)23-19-13-32-22(28)20(30)21(19)33-24(34-23)39-16-27-7-4-9-36(27)14-17(29)12-27/h13,17-18H,4-7,9-12,14-16H2,1-3H3/t17-,18-,27+/m1/s1. The highest BCUT2D eigenvalue weighted by Gasteiger charge is 2.49. The molecule has 10 nitrogen and oxygen atoms in total. The number of nitriles is 1. The van der Waals surface area contributed by atoms with E-state index in [-0.39, 0.29) is 42.3 Å². The van der Waals surface area contributed by atoms with E-state index in [9.17, 15) is 14.4 Å². The molecule has 0 aromatic carbocycles. The van der Waals surface area contributed by atoms with Gasteiger partial charge in [-0.1, -0.05) is 11.6 Å². The van der Waals surface area contributed by atoms with Crippen LogP contribution in [0.3, 0.4) is 0 Å². The highest BCUT2D eigenvalue weighted by atomic mass is 35.5. The van der Waals surface area contributed by atoms with E-state index in [2.05, 4.69) is 25.9 Å². The minimum absolute atomic E-state index is 0.0560. The SMILES string of the molecule is CC(C)(C)OC(=O)N1CC[C@@H](N(CCC#N)c2nc(OC[C@@]34CCCN3C[C@H](F)C4)nc3c(F)c(Cl)ncc23)C1. The number of carbonyl (C=O) groups excluding carboxylic acids is 1. The molecule has 3 fully saturated rings. The molecule has 3 saturated heterocycles. The van der Waals surface area contributed by atoms with Crippen molar-refractivity contribution >= 4 is 34.4 Å². The molecule has 13 heteroatoms.